The van der Waals surface area contributed by atoms with E-state index < -0.39 is 0 Å². The number of hydrogen-bond acceptors (Lipinski definition) is 1. The van der Waals surface area contributed by atoms with E-state index in [0.29, 0.717) is 6.54 Å². The highest BCUT2D eigenvalue weighted by atomic mass is 16.1. The lowest BCUT2D eigenvalue weighted by Gasteiger charge is -2.03. The Hall–Kier alpha value is -1.77. The second kappa shape index (κ2) is 4.62. The fraction of sp³-hybridized carbons (Fsp3) is 0.357. The Morgan fingerprint density at radius 1 is 1.35 bits per heavy atom. The fourth-order valence-corrected chi connectivity index (χ4v) is 2.23. The molecule has 0 aliphatic heterocycles. The number of rotatable bonds is 3. The molecule has 0 fully saturated rings. The van der Waals surface area contributed by atoms with Crippen LogP contribution in [0, 0.1) is 13.8 Å². The van der Waals surface area contributed by atoms with Gasteiger partial charge in [0.2, 0.25) is 5.91 Å². The molecule has 17 heavy (non-hydrogen) atoms. The number of carbonyl (C=O) groups is 1. The predicted octanol–water partition coefficient (Wildman–Crippen LogP) is 2.46. The van der Waals surface area contributed by atoms with Crippen molar-refractivity contribution in [3.63, 3.8) is 0 Å². The Morgan fingerprint density at radius 2 is 2.12 bits per heavy atom. The van der Waals surface area contributed by atoms with Crippen LogP contribution >= 0.6 is 0 Å². The number of aromatic nitrogens is 1. The Balaban J connectivity index is 2.26. The molecule has 0 aliphatic carbocycles. The number of nitrogens with one attached hydrogen (secondary N) is 2. The number of aromatic amines is 1. The molecule has 2 aromatic rings. The minimum atomic E-state index is 0.0252. The van der Waals surface area contributed by atoms with E-state index in [1.54, 1.807) is 6.92 Å². The van der Waals surface area contributed by atoms with Crippen molar-refractivity contribution in [1.82, 2.24) is 10.3 Å². The normalized spacial score (nSPS) is 10.8. The second-order valence-electron chi connectivity index (χ2n) is 4.55. The van der Waals surface area contributed by atoms with Gasteiger partial charge < -0.3 is 10.3 Å². The number of hydrogen-bond donors (Lipinski definition) is 2. The summed E-state index contributed by atoms with van der Waals surface area (Å²) < 4.78 is 0. The number of amides is 1. The molecule has 1 heterocycles. The highest BCUT2D eigenvalue weighted by Gasteiger charge is 2.06. The molecule has 1 aromatic heterocycles. The number of fused-ring (bicyclic) bond motifs is 1. The van der Waals surface area contributed by atoms with Crippen LogP contribution in [0.1, 0.15) is 23.6 Å². The van der Waals surface area contributed by atoms with Crippen molar-refractivity contribution in [2.45, 2.75) is 27.2 Å². The molecule has 1 amide bonds. The number of carbonyl (C=O) groups excluding carboxylic acids is 1. The largest absolute Gasteiger partial charge is 0.361 e. The summed E-state index contributed by atoms with van der Waals surface area (Å²) in [5, 5.41) is 4.10. The Morgan fingerprint density at radius 3 is 2.82 bits per heavy atom. The molecule has 0 atom stereocenters. The van der Waals surface area contributed by atoms with E-state index in [-0.39, 0.29) is 5.91 Å². The predicted molar refractivity (Wildman–Crippen MR) is 70.2 cm³/mol. The van der Waals surface area contributed by atoms with Crippen molar-refractivity contribution >= 4 is 16.8 Å². The molecule has 0 aliphatic rings. The first kappa shape index (κ1) is 11.7. The van der Waals surface area contributed by atoms with Crippen LogP contribution in [-0.2, 0) is 11.2 Å². The van der Waals surface area contributed by atoms with Gasteiger partial charge in [0.15, 0.2) is 0 Å². The van der Waals surface area contributed by atoms with Crippen molar-refractivity contribution in [1.29, 1.82) is 0 Å². The van der Waals surface area contributed by atoms with Crippen LogP contribution in [0.4, 0.5) is 0 Å². The minimum Gasteiger partial charge on any atom is -0.361 e. The van der Waals surface area contributed by atoms with Crippen molar-refractivity contribution in [2.24, 2.45) is 0 Å². The lowest BCUT2D eigenvalue weighted by molar-refractivity contribution is -0.118. The first-order chi connectivity index (χ1) is 8.08. The topological polar surface area (TPSA) is 44.9 Å². The molecule has 3 heteroatoms. The first-order valence-electron chi connectivity index (χ1n) is 5.89. The zero-order valence-corrected chi connectivity index (χ0v) is 10.6. The van der Waals surface area contributed by atoms with Crippen LogP contribution in [0.2, 0.25) is 0 Å². The van der Waals surface area contributed by atoms with Gasteiger partial charge in [-0.25, -0.2) is 0 Å². The molecular formula is C14H18N2O. The standard InChI is InChI=1S/C14H18N2O/c1-9-6-10(2)14-13(7-9)12(8-16-14)4-5-15-11(3)17/h6-8,16H,4-5H2,1-3H3,(H,15,17). The molecule has 0 bridgehead atoms. The number of H-pyrrole nitrogens is 1. The molecule has 0 unspecified atom stereocenters. The van der Waals surface area contributed by atoms with Crippen LogP contribution in [-0.4, -0.2) is 17.4 Å². The molecule has 3 nitrogen and oxygen atoms in total. The van der Waals surface area contributed by atoms with Crippen LogP contribution in [0.5, 0.6) is 0 Å². The maximum Gasteiger partial charge on any atom is 0.216 e. The van der Waals surface area contributed by atoms with E-state index in [2.05, 4.69) is 36.3 Å². The first-order valence-corrected chi connectivity index (χ1v) is 5.89. The molecule has 1 aromatic carbocycles. The summed E-state index contributed by atoms with van der Waals surface area (Å²) in [5.41, 5.74) is 5.01. The van der Waals surface area contributed by atoms with Crippen LogP contribution in [0.3, 0.4) is 0 Å². The molecule has 2 rings (SSSR count). The van der Waals surface area contributed by atoms with E-state index >= 15 is 0 Å². The Labute approximate surface area is 101 Å². The van der Waals surface area contributed by atoms with Crippen LogP contribution < -0.4 is 5.32 Å². The lowest BCUT2D eigenvalue weighted by atomic mass is 10.0. The summed E-state index contributed by atoms with van der Waals surface area (Å²) in [6, 6.07) is 4.37. The summed E-state index contributed by atoms with van der Waals surface area (Å²) >= 11 is 0. The third-order valence-corrected chi connectivity index (χ3v) is 2.98. The monoisotopic (exact) mass is 230 g/mol. The lowest BCUT2D eigenvalue weighted by Crippen LogP contribution is -2.22. The van der Waals surface area contributed by atoms with Gasteiger partial charge in [-0.1, -0.05) is 11.6 Å². The van der Waals surface area contributed by atoms with Gasteiger partial charge in [0.25, 0.3) is 0 Å². The Bertz CT molecular complexity index is 555. The summed E-state index contributed by atoms with van der Waals surface area (Å²) in [6.45, 7) is 6.46. The Kier molecular flexibility index (Phi) is 3.18. The van der Waals surface area contributed by atoms with E-state index in [1.165, 1.54) is 27.6 Å². The van der Waals surface area contributed by atoms with Crippen LogP contribution in [0.15, 0.2) is 18.3 Å². The average Bonchev–Trinajstić information content (AvgIpc) is 2.61. The second-order valence-corrected chi connectivity index (χ2v) is 4.55. The van der Waals surface area contributed by atoms with Crippen molar-refractivity contribution < 1.29 is 4.79 Å². The summed E-state index contributed by atoms with van der Waals surface area (Å²) in [7, 11) is 0. The number of aryl methyl sites for hydroxylation is 2. The maximum absolute atomic E-state index is 10.8. The molecule has 90 valence electrons. The van der Waals surface area contributed by atoms with Gasteiger partial charge in [-0.3, -0.25) is 4.79 Å². The van der Waals surface area contributed by atoms with Gasteiger partial charge in [0.1, 0.15) is 0 Å². The molecule has 0 radical (unpaired) electrons. The summed E-state index contributed by atoms with van der Waals surface area (Å²) in [4.78, 5) is 14.1. The quantitative estimate of drug-likeness (QED) is 0.836. The zero-order valence-electron chi connectivity index (χ0n) is 10.6. The van der Waals surface area contributed by atoms with E-state index in [9.17, 15) is 4.79 Å². The van der Waals surface area contributed by atoms with E-state index in [0.717, 1.165) is 6.42 Å². The van der Waals surface area contributed by atoms with Gasteiger partial charge in [0.05, 0.1) is 0 Å². The molecule has 2 N–H and O–H groups in total. The van der Waals surface area contributed by atoms with E-state index in [4.69, 9.17) is 0 Å². The molecule has 0 saturated carbocycles. The SMILES string of the molecule is CC(=O)NCCc1c[nH]c2c(C)cc(C)cc12. The summed E-state index contributed by atoms with van der Waals surface area (Å²) in [5.74, 6) is 0.0252. The number of benzene rings is 1. The van der Waals surface area contributed by atoms with Gasteiger partial charge in [-0.2, -0.15) is 0 Å². The highest BCUT2D eigenvalue weighted by Crippen LogP contribution is 2.23. The van der Waals surface area contributed by atoms with Crippen molar-refractivity contribution in [3.05, 3.63) is 35.0 Å². The zero-order chi connectivity index (χ0) is 12.4. The van der Waals surface area contributed by atoms with Gasteiger partial charge in [0, 0.05) is 30.6 Å². The summed E-state index contributed by atoms with van der Waals surface area (Å²) in [6.07, 6.45) is 2.90. The molecule has 0 saturated heterocycles. The average molecular weight is 230 g/mol. The smallest absolute Gasteiger partial charge is 0.216 e. The molecule has 0 spiro atoms. The molecular weight excluding hydrogens is 212 g/mol. The van der Waals surface area contributed by atoms with Gasteiger partial charge >= 0.3 is 0 Å². The van der Waals surface area contributed by atoms with Gasteiger partial charge in [-0.15, -0.1) is 0 Å². The van der Waals surface area contributed by atoms with Gasteiger partial charge in [-0.05, 0) is 37.5 Å². The van der Waals surface area contributed by atoms with Crippen molar-refractivity contribution in [3.8, 4) is 0 Å². The van der Waals surface area contributed by atoms with Crippen LogP contribution in [0.25, 0.3) is 10.9 Å². The fourth-order valence-electron chi connectivity index (χ4n) is 2.23. The third kappa shape index (κ3) is 2.49. The highest BCUT2D eigenvalue weighted by molar-refractivity contribution is 5.86. The third-order valence-electron chi connectivity index (χ3n) is 2.98. The van der Waals surface area contributed by atoms with E-state index in [1.807, 2.05) is 6.20 Å². The van der Waals surface area contributed by atoms with Crippen molar-refractivity contribution in [2.75, 3.05) is 6.54 Å². The minimum absolute atomic E-state index is 0.0252. The maximum atomic E-state index is 10.8.